The normalized spacial score (nSPS) is 18.4. The molecule has 0 unspecified atom stereocenters. The average molecular weight is 285 g/mol. The van der Waals surface area contributed by atoms with Crippen LogP contribution in [0.25, 0.3) is 0 Å². The molecular formula is C16H23N5. The Morgan fingerprint density at radius 2 is 2.19 bits per heavy atom. The van der Waals surface area contributed by atoms with Crippen LogP contribution >= 0.6 is 0 Å². The Labute approximate surface area is 126 Å². The zero-order valence-corrected chi connectivity index (χ0v) is 13.0. The lowest BCUT2D eigenvalue weighted by Crippen LogP contribution is -2.32. The van der Waals surface area contributed by atoms with E-state index in [1.54, 1.807) is 0 Å². The summed E-state index contributed by atoms with van der Waals surface area (Å²) in [6, 6.07) is 6.61. The van der Waals surface area contributed by atoms with Gasteiger partial charge in [0.25, 0.3) is 0 Å². The van der Waals surface area contributed by atoms with Gasteiger partial charge in [-0.2, -0.15) is 5.10 Å². The number of nitrogens with one attached hydrogen (secondary N) is 1. The van der Waals surface area contributed by atoms with Crippen LogP contribution in [0.3, 0.4) is 0 Å². The predicted molar refractivity (Wildman–Crippen MR) is 84.4 cm³/mol. The number of aryl methyl sites for hydroxylation is 2. The molecule has 1 aliphatic rings. The van der Waals surface area contributed by atoms with E-state index in [0.29, 0.717) is 6.04 Å². The molecule has 0 bridgehead atoms. The van der Waals surface area contributed by atoms with Crippen LogP contribution in [0, 0.1) is 13.8 Å². The highest BCUT2D eigenvalue weighted by Crippen LogP contribution is 2.18. The van der Waals surface area contributed by atoms with Crippen molar-refractivity contribution in [3.63, 3.8) is 0 Å². The van der Waals surface area contributed by atoms with Crippen LogP contribution in [0.1, 0.15) is 23.4 Å². The summed E-state index contributed by atoms with van der Waals surface area (Å²) < 4.78 is 1.96. The van der Waals surface area contributed by atoms with Crippen molar-refractivity contribution in [2.45, 2.75) is 32.9 Å². The van der Waals surface area contributed by atoms with Gasteiger partial charge in [-0.3, -0.25) is 4.68 Å². The summed E-state index contributed by atoms with van der Waals surface area (Å²) in [4.78, 5) is 6.78. The monoisotopic (exact) mass is 285 g/mol. The lowest BCUT2D eigenvalue weighted by atomic mass is 10.2. The van der Waals surface area contributed by atoms with E-state index in [1.165, 1.54) is 11.3 Å². The summed E-state index contributed by atoms with van der Waals surface area (Å²) in [7, 11) is 2.00. The topological polar surface area (TPSA) is 46.0 Å². The largest absolute Gasteiger partial charge is 0.355 e. The molecule has 5 nitrogen and oxygen atoms in total. The maximum Gasteiger partial charge on any atom is 0.128 e. The summed E-state index contributed by atoms with van der Waals surface area (Å²) in [5, 5.41) is 8.14. The molecule has 1 saturated heterocycles. The van der Waals surface area contributed by atoms with Crippen molar-refractivity contribution in [3.8, 4) is 0 Å². The minimum Gasteiger partial charge on any atom is -0.355 e. The summed E-state index contributed by atoms with van der Waals surface area (Å²) in [6.07, 6.45) is 3.02. The van der Waals surface area contributed by atoms with Crippen molar-refractivity contribution >= 4 is 5.82 Å². The first-order valence-corrected chi connectivity index (χ1v) is 7.53. The SMILES string of the molecule is Cc1nn(C)c(C)c1CN[C@@H]1CCN(c2ccccn2)C1. The van der Waals surface area contributed by atoms with Gasteiger partial charge in [0.15, 0.2) is 0 Å². The van der Waals surface area contributed by atoms with Crippen molar-refractivity contribution in [1.82, 2.24) is 20.1 Å². The maximum absolute atomic E-state index is 4.47. The van der Waals surface area contributed by atoms with Crippen LogP contribution < -0.4 is 10.2 Å². The van der Waals surface area contributed by atoms with E-state index >= 15 is 0 Å². The Balaban J connectivity index is 1.58. The van der Waals surface area contributed by atoms with Gasteiger partial charge < -0.3 is 10.2 Å². The molecule has 0 aliphatic carbocycles. The maximum atomic E-state index is 4.47. The van der Waals surface area contributed by atoms with Crippen molar-refractivity contribution in [1.29, 1.82) is 0 Å². The number of rotatable bonds is 4. The molecule has 3 rings (SSSR count). The standard InChI is InChI=1S/C16H23N5/c1-12-15(13(2)20(3)19-12)10-18-14-7-9-21(11-14)16-6-4-5-8-17-16/h4-6,8,14,18H,7,9-11H2,1-3H3/t14-/m1/s1. The smallest absolute Gasteiger partial charge is 0.128 e. The van der Waals surface area contributed by atoms with E-state index in [2.05, 4.69) is 40.2 Å². The van der Waals surface area contributed by atoms with E-state index in [9.17, 15) is 0 Å². The Hall–Kier alpha value is -1.88. The van der Waals surface area contributed by atoms with Crippen LogP contribution in [-0.4, -0.2) is 33.9 Å². The van der Waals surface area contributed by atoms with Crippen molar-refractivity contribution in [3.05, 3.63) is 41.3 Å². The highest BCUT2D eigenvalue weighted by molar-refractivity contribution is 5.39. The van der Waals surface area contributed by atoms with Gasteiger partial charge in [0.1, 0.15) is 5.82 Å². The summed E-state index contributed by atoms with van der Waals surface area (Å²) in [6.45, 7) is 7.20. The molecule has 112 valence electrons. The number of pyridine rings is 1. The van der Waals surface area contributed by atoms with E-state index in [1.807, 2.05) is 30.1 Å². The second-order valence-corrected chi connectivity index (χ2v) is 5.77. The minimum atomic E-state index is 0.519. The van der Waals surface area contributed by atoms with Gasteiger partial charge in [0.2, 0.25) is 0 Å². The highest BCUT2D eigenvalue weighted by Gasteiger charge is 2.23. The molecule has 0 radical (unpaired) electrons. The second-order valence-electron chi connectivity index (χ2n) is 5.77. The Kier molecular flexibility index (Phi) is 3.92. The van der Waals surface area contributed by atoms with Gasteiger partial charge in [-0.05, 0) is 32.4 Å². The van der Waals surface area contributed by atoms with Gasteiger partial charge in [-0.15, -0.1) is 0 Å². The van der Waals surface area contributed by atoms with Crippen LogP contribution in [-0.2, 0) is 13.6 Å². The third-order valence-corrected chi connectivity index (χ3v) is 4.39. The lowest BCUT2D eigenvalue weighted by Gasteiger charge is -2.17. The number of aromatic nitrogens is 3. The molecule has 0 aromatic carbocycles. The highest BCUT2D eigenvalue weighted by atomic mass is 15.3. The molecule has 0 saturated carbocycles. The Bertz CT molecular complexity index is 605. The second kappa shape index (κ2) is 5.85. The van der Waals surface area contributed by atoms with Gasteiger partial charge in [-0.25, -0.2) is 4.98 Å². The molecular weight excluding hydrogens is 262 g/mol. The number of anilines is 1. The van der Waals surface area contributed by atoms with Crippen molar-refractivity contribution in [2.75, 3.05) is 18.0 Å². The van der Waals surface area contributed by atoms with Crippen LogP contribution in [0.2, 0.25) is 0 Å². The first-order chi connectivity index (χ1) is 10.1. The number of hydrogen-bond acceptors (Lipinski definition) is 4. The first-order valence-electron chi connectivity index (χ1n) is 7.53. The third-order valence-electron chi connectivity index (χ3n) is 4.39. The lowest BCUT2D eigenvalue weighted by molar-refractivity contribution is 0.549. The van der Waals surface area contributed by atoms with E-state index in [0.717, 1.165) is 37.6 Å². The molecule has 1 aliphatic heterocycles. The molecule has 2 aromatic heterocycles. The van der Waals surface area contributed by atoms with Gasteiger partial charge >= 0.3 is 0 Å². The fourth-order valence-electron chi connectivity index (χ4n) is 3.00. The summed E-state index contributed by atoms with van der Waals surface area (Å²) >= 11 is 0. The summed E-state index contributed by atoms with van der Waals surface area (Å²) in [5.41, 5.74) is 3.70. The molecule has 2 aromatic rings. The fourth-order valence-corrected chi connectivity index (χ4v) is 3.00. The van der Waals surface area contributed by atoms with E-state index in [4.69, 9.17) is 0 Å². The number of hydrogen-bond donors (Lipinski definition) is 1. The zero-order valence-electron chi connectivity index (χ0n) is 13.0. The van der Waals surface area contributed by atoms with E-state index < -0.39 is 0 Å². The van der Waals surface area contributed by atoms with Crippen LogP contribution in [0.5, 0.6) is 0 Å². The van der Waals surface area contributed by atoms with Gasteiger partial charge in [0, 0.05) is 50.2 Å². The molecule has 1 fully saturated rings. The van der Waals surface area contributed by atoms with Crippen molar-refractivity contribution in [2.24, 2.45) is 7.05 Å². The number of nitrogens with zero attached hydrogens (tertiary/aromatic N) is 4. The third kappa shape index (κ3) is 2.93. The molecule has 0 spiro atoms. The average Bonchev–Trinajstić information content (AvgIpc) is 3.05. The van der Waals surface area contributed by atoms with Gasteiger partial charge in [0.05, 0.1) is 5.69 Å². The molecule has 1 atom stereocenters. The summed E-state index contributed by atoms with van der Waals surface area (Å²) in [5.74, 6) is 1.08. The van der Waals surface area contributed by atoms with Crippen LogP contribution in [0.4, 0.5) is 5.82 Å². The van der Waals surface area contributed by atoms with Crippen LogP contribution in [0.15, 0.2) is 24.4 Å². The molecule has 21 heavy (non-hydrogen) atoms. The zero-order chi connectivity index (χ0) is 14.8. The Morgan fingerprint density at radius 3 is 2.86 bits per heavy atom. The first kappa shape index (κ1) is 14.1. The quantitative estimate of drug-likeness (QED) is 0.930. The molecule has 1 N–H and O–H groups in total. The van der Waals surface area contributed by atoms with E-state index in [-0.39, 0.29) is 0 Å². The molecule has 5 heteroatoms. The minimum absolute atomic E-state index is 0.519. The Morgan fingerprint density at radius 1 is 1.33 bits per heavy atom. The van der Waals surface area contributed by atoms with Crippen molar-refractivity contribution < 1.29 is 0 Å². The molecule has 3 heterocycles. The fraction of sp³-hybridized carbons (Fsp3) is 0.500. The predicted octanol–water partition coefficient (Wildman–Crippen LogP) is 1.80. The van der Waals surface area contributed by atoms with Gasteiger partial charge in [-0.1, -0.05) is 6.07 Å². The molecule has 0 amide bonds.